The van der Waals surface area contributed by atoms with Crippen molar-refractivity contribution in [2.75, 3.05) is 13.1 Å². The molecular weight excluding hydrogens is 86.1 g/mol. The predicted octanol–water partition coefficient (Wildman–Crippen LogP) is 0.926. The highest BCUT2D eigenvalue weighted by Gasteiger charge is 1.97. The second-order valence-corrected chi connectivity index (χ2v) is 1.85. The highest BCUT2D eigenvalue weighted by atomic mass is 14.9. The van der Waals surface area contributed by atoms with Gasteiger partial charge in [0.25, 0.3) is 0 Å². The van der Waals surface area contributed by atoms with Crippen molar-refractivity contribution in [1.29, 1.82) is 0 Å². The highest BCUT2D eigenvalue weighted by Crippen LogP contribution is 2.01. The molecule has 0 saturated carbocycles. The zero-order chi connectivity index (χ0) is 5.11. The van der Waals surface area contributed by atoms with Gasteiger partial charge >= 0.3 is 0 Å². The standard InChI is InChI=1S/C6H11N/c1-2-6-3-4-7-5-6/h3,7H,2,4-5H2,1H3. The molecule has 1 nitrogen and oxygen atoms in total. The lowest BCUT2D eigenvalue weighted by Crippen LogP contribution is -2.07. The van der Waals surface area contributed by atoms with E-state index in [1.807, 2.05) is 0 Å². The van der Waals surface area contributed by atoms with Crippen LogP contribution in [-0.2, 0) is 0 Å². The van der Waals surface area contributed by atoms with E-state index in [-0.39, 0.29) is 0 Å². The van der Waals surface area contributed by atoms with Gasteiger partial charge < -0.3 is 5.32 Å². The van der Waals surface area contributed by atoms with E-state index in [0.29, 0.717) is 0 Å². The molecule has 0 aromatic rings. The minimum atomic E-state index is 1.09. The van der Waals surface area contributed by atoms with Gasteiger partial charge in [-0.05, 0) is 6.42 Å². The molecule has 0 atom stereocenters. The van der Waals surface area contributed by atoms with Crippen molar-refractivity contribution >= 4 is 0 Å². The molecule has 0 bridgehead atoms. The Kier molecular flexibility index (Phi) is 1.47. The van der Waals surface area contributed by atoms with Crippen molar-refractivity contribution in [1.82, 2.24) is 5.32 Å². The number of hydrogen-bond acceptors (Lipinski definition) is 1. The molecule has 0 aromatic heterocycles. The van der Waals surface area contributed by atoms with Crippen molar-refractivity contribution in [3.8, 4) is 0 Å². The molecule has 40 valence electrons. The van der Waals surface area contributed by atoms with Crippen LogP contribution in [0.3, 0.4) is 0 Å². The highest BCUT2D eigenvalue weighted by molar-refractivity contribution is 5.09. The molecule has 1 rings (SSSR count). The quantitative estimate of drug-likeness (QED) is 0.480. The first-order valence-electron chi connectivity index (χ1n) is 2.82. The van der Waals surface area contributed by atoms with Gasteiger partial charge in [0.05, 0.1) is 0 Å². The Bertz CT molecular complexity index is 84.2. The maximum Gasteiger partial charge on any atom is 0.0167 e. The molecule has 7 heavy (non-hydrogen) atoms. The summed E-state index contributed by atoms with van der Waals surface area (Å²) in [6, 6.07) is 0. The molecule has 0 saturated heterocycles. The van der Waals surface area contributed by atoms with Crippen molar-refractivity contribution in [2.45, 2.75) is 13.3 Å². The van der Waals surface area contributed by atoms with Gasteiger partial charge in [-0.2, -0.15) is 0 Å². The average molecular weight is 97.2 g/mol. The molecule has 0 radical (unpaired) electrons. The normalized spacial score (nSPS) is 19.9. The summed E-state index contributed by atoms with van der Waals surface area (Å²) in [7, 11) is 0. The van der Waals surface area contributed by atoms with Gasteiger partial charge in [-0.3, -0.25) is 0 Å². The van der Waals surface area contributed by atoms with E-state index in [9.17, 15) is 0 Å². The number of hydrogen-bond donors (Lipinski definition) is 1. The van der Waals surface area contributed by atoms with Gasteiger partial charge in [-0.1, -0.05) is 18.6 Å². The molecule has 0 spiro atoms. The smallest absolute Gasteiger partial charge is 0.0167 e. The van der Waals surface area contributed by atoms with Crippen LogP contribution in [0.4, 0.5) is 0 Å². The lowest BCUT2D eigenvalue weighted by Gasteiger charge is -1.90. The maximum absolute atomic E-state index is 3.23. The van der Waals surface area contributed by atoms with Crippen LogP contribution < -0.4 is 5.32 Å². The van der Waals surface area contributed by atoms with E-state index in [2.05, 4.69) is 18.3 Å². The minimum absolute atomic E-state index is 1.09. The monoisotopic (exact) mass is 97.1 g/mol. The maximum atomic E-state index is 3.23. The van der Waals surface area contributed by atoms with E-state index < -0.39 is 0 Å². The summed E-state index contributed by atoms with van der Waals surface area (Å²) in [6.45, 7) is 4.40. The van der Waals surface area contributed by atoms with Crippen LogP contribution in [0, 0.1) is 0 Å². The summed E-state index contributed by atoms with van der Waals surface area (Å²) in [5, 5.41) is 3.23. The second-order valence-electron chi connectivity index (χ2n) is 1.85. The molecule has 1 aliphatic rings. The zero-order valence-corrected chi connectivity index (χ0v) is 4.70. The van der Waals surface area contributed by atoms with Gasteiger partial charge in [0, 0.05) is 13.1 Å². The first-order chi connectivity index (χ1) is 3.43. The van der Waals surface area contributed by atoms with Crippen LogP contribution in [0.25, 0.3) is 0 Å². The SMILES string of the molecule is CCC1=CCNC1. The summed E-state index contributed by atoms with van der Waals surface area (Å²) in [5.41, 5.74) is 1.56. The van der Waals surface area contributed by atoms with E-state index >= 15 is 0 Å². The summed E-state index contributed by atoms with van der Waals surface area (Å²) in [4.78, 5) is 0. The van der Waals surface area contributed by atoms with Crippen LogP contribution >= 0.6 is 0 Å². The summed E-state index contributed by atoms with van der Waals surface area (Å²) >= 11 is 0. The first-order valence-corrected chi connectivity index (χ1v) is 2.82. The van der Waals surface area contributed by atoms with E-state index in [1.54, 1.807) is 5.57 Å². The third kappa shape index (κ3) is 1.03. The molecule has 1 aliphatic heterocycles. The molecule has 0 aromatic carbocycles. The van der Waals surface area contributed by atoms with Gasteiger partial charge in [0.15, 0.2) is 0 Å². The third-order valence-electron chi connectivity index (χ3n) is 1.34. The molecule has 0 fully saturated rings. The molecule has 0 unspecified atom stereocenters. The Morgan fingerprint density at radius 1 is 1.86 bits per heavy atom. The second kappa shape index (κ2) is 2.12. The molecule has 1 heterocycles. The third-order valence-corrected chi connectivity index (χ3v) is 1.34. The molecule has 0 amide bonds. The average Bonchev–Trinajstić information content (AvgIpc) is 2.14. The van der Waals surface area contributed by atoms with Crippen LogP contribution in [0.1, 0.15) is 13.3 Å². The Hall–Kier alpha value is -0.300. The van der Waals surface area contributed by atoms with Crippen molar-refractivity contribution in [3.63, 3.8) is 0 Å². The lowest BCUT2D eigenvalue weighted by atomic mass is 10.2. The van der Waals surface area contributed by atoms with Crippen LogP contribution in [0.5, 0.6) is 0 Å². The summed E-state index contributed by atoms with van der Waals surface area (Å²) < 4.78 is 0. The fourth-order valence-electron chi connectivity index (χ4n) is 0.791. The molecular formula is C6H11N. The molecule has 0 aliphatic carbocycles. The lowest BCUT2D eigenvalue weighted by molar-refractivity contribution is 0.856. The Morgan fingerprint density at radius 2 is 2.71 bits per heavy atom. The van der Waals surface area contributed by atoms with Crippen LogP contribution in [-0.4, -0.2) is 13.1 Å². The largest absolute Gasteiger partial charge is 0.310 e. The Labute approximate surface area is 44.4 Å². The Balaban J connectivity index is 2.36. The van der Waals surface area contributed by atoms with Gasteiger partial charge in [-0.15, -0.1) is 0 Å². The number of rotatable bonds is 1. The van der Waals surface area contributed by atoms with Gasteiger partial charge in [0.2, 0.25) is 0 Å². The fraction of sp³-hybridized carbons (Fsp3) is 0.667. The van der Waals surface area contributed by atoms with Gasteiger partial charge in [-0.25, -0.2) is 0 Å². The fourth-order valence-corrected chi connectivity index (χ4v) is 0.791. The van der Waals surface area contributed by atoms with E-state index in [1.165, 1.54) is 6.42 Å². The zero-order valence-electron chi connectivity index (χ0n) is 4.70. The van der Waals surface area contributed by atoms with Crippen molar-refractivity contribution in [3.05, 3.63) is 11.6 Å². The van der Waals surface area contributed by atoms with Crippen LogP contribution in [0.15, 0.2) is 11.6 Å². The first kappa shape index (κ1) is 4.85. The van der Waals surface area contributed by atoms with E-state index in [0.717, 1.165) is 13.1 Å². The number of nitrogens with one attached hydrogen (secondary N) is 1. The van der Waals surface area contributed by atoms with Crippen molar-refractivity contribution in [2.24, 2.45) is 0 Å². The summed E-state index contributed by atoms with van der Waals surface area (Å²) in [6.07, 6.45) is 3.48. The topological polar surface area (TPSA) is 12.0 Å². The van der Waals surface area contributed by atoms with Gasteiger partial charge in [0.1, 0.15) is 0 Å². The summed E-state index contributed by atoms with van der Waals surface area (Å²) in [5.74, 6) is 0. The predicted molar refractivity (Wildman–Crippen MR) is 31.2 cm³/mol. The molecule has 1 heteroatoms. The van der Waals surface area contributed by atoms with Crippen LogP contribution in [0.2, 0.25) is 0 Å². The van der Waals surface area contributed by atoms with Crippen molar-refractivity contribution < 1.29 is 0 Å². The minimum Gasteiger partial charge on any atom is -0.310 e. The molecule has 1 N–H and O–H groups in total. The Morgan fingerprint density at radius 3 is 3.00 bits per heavy atom. The van der Waals surface area contributed by atoms with E-state index in [4.69, 9.17) is 0 Å².